The Morgan fingerprint density at radius 3 is 2.47 bits per heavy atom. The largest absolute Gasteiger partial charge is 0.478 e. The number of ether oxygens (including phenoxy) is 2. The van der Waals surface area contributed by atoms with Gasteiger partial charge in [0.05, 0.1) is 18.2 Å². The molecule has 0 saturated heterocycles. The molecule has 0 fully saturated rings. The van der Waals surface area contributed by atoms with E-state index in [2.05, 4.69) is 0 Å². The van der Waals surface area contributed by atoms with Gasteiger partial charge in [-0.3, -0.25) is 0 Å². The molecule has 17 heavy (non-hydrogen) atoms. The van der Waals surface area contributed by atoms with Gasteiger partial charge in [-0.25, -0.2) is 4.79 Å². The summed E-state index contributed by atoms with van der Waals surface area (Å²) in [6, 6.07) is 8.19. The fraction of sp³-hybridized carbons (Fsp3) is 0.333. The lowest BCUT2D eigenvalue weighted by molar-refractivity contribution is -0.158. The zero-order valence-corrected chi connectivity index (χ0v) is 9.64. The molecular formula is C12H13NO4. The second-order valence-electron chi connectivity index (χ2n) is 3.71. The minimum absolute atomic E-state index is 0.0671. The lowest BCUT2D eigenvalue weighted by atomic mass is 10.1. The Balaban J connectivity index is 2.87. The molecule has 1 rings (SSSR count). The highest BCUT2D eigenvalue weighted by Gasteiger charge is 2.35. The molecule has 0 aliphatic rings. The van der Waals surface area contributed by atoms with E-state index in [4.69, 9.17) is 19.8 Å². The number of rotatable bonds is 5. The second kappa shape index (κ2) is 5.32. The maximum atomic E-state index is 11.1. The number of methoxy groups -OCH3 is 1. The van der Waals surface area contributed by atoms with E-state index in [1.807, 2.05) is 6.07 Å². The van der Waals surface area contributed by atoms with Gasteiger partial charge < -0.3 is 14.6 Å². The van der Waals surface area contributed by atoms with Crippen LogP contribution in [0.2, 0.25) is 0 Å². The van der Waals surface area contributed by atoms with E-state index in [9.17, 15) is 4.79 Å². The molecule has 1 N–H and O–H groups in total. The van der Waals surface area contributed by atoms with Gasteiger partial charge in [0.25, 0.3) is 0 Å². The van der Waals surface area contributed by atoms with Crippen molar-refractivity contribution in [3.8, 4) is 11.8 Å². The quantitative estimate of drug-likeness (QED) is 0.835. The van der Waals surface area contributed by atoms with Crippen LogP contribution in [-0.4, -0.2) is 30.4 Å². The minimum atomic E-state index is -1.44. The van der Waals surface area contributed by atoms with E-state index in [0.717, 1.165) is 0 Å². The predicted molar refractivity (Wildman–Crippen MR) is 59.7 cm³/mol. The van der Waals surface area contributed by atoms with Gasteiger partial charge in [-0.15, -0.1) is 0 Å². The van der Waals surface area contributed by atoms with Crippen LogP contribution in [0.15, 0.2) is 24.3 Å². The molecule has 5 nitrogen and oxygen atoms in total. The normalized spacial score (nSPS) is 13.5. The van der Waals surface area contributed by atoms with Gasteiger partial charge >= 0.3 is 5.97 Å². The highest BCUT2D eigenvalue weighted by molar-refractivity contribution is 5.77. The molecule has 1 aromatic carbocycles. The zero-order valence-electron chi connectivity index (χ0n) is 9.64. The van der Waals surface area contributed by atoms with E-state index in [1.165, 1.54) is 14.0 Å². The molecule has 0 heterocycles. The number of carbonyl (C=O) groups is 1. The SMILES string of the molecule is COCC(C)(Oc1ccc(C#N)cc1)C(=O)O. The summed E-state index contributed by atoms with van der Waals surface area (Å²) < 4.78 is 10.2. The maximum absolute atomic E-state index is 11.1. The fourth-order valence-electron chi connectivity index (χ4n) is 1.27. The summed E-state index contributed by atoms with van der Waals surface area (Å²) in [5.74, 6) is -0.727. The Labute approximate surface area is 99.2 Å². The summed E-state index contributed by atoms with van der Waals surface area (Å²) >= 11 is 0. The summed E-state index contributed by atoms with van der Waals surface area (Å²) in [5.41, 5.74) is -0.954. The molecule has 1 aromatic rings. The van der Waals surface area contributed by atoms with E-state index < -0.39 is 11.6 Å². The van der Waals surface area contributed by atoms with Crippen molar-refractivity contribution >= 4 is 5.97 Å². The first-order valence-corrected chi connectivity index (χ1v) is 4.93. The molecule has 1 unspecified atom stereocenters. The average molecular weight is 235 g/mol. The van der Waals surface area contributed by atoms with Crippen molar-refractivity contribution < 1.29 is 19.4 Å². The number of carboxylic acid groups (broad SMARTS) is 1. The predicted octanol–water partition coefficient (Wildman–Crippen LogP) is 1.43. The Hall–Kier alpha value is -2.06. The van der Waals surface area contributed by atoms with Crippen molar-refractivity contribution in [3.05, 3.63) is 29.8 Å². The van der Waals surface area contributed by atoms with Crippen molar-refractivity contribution in [1.29, 1.82) is 5.26 Å². The Morgan fingerprint density at radius 2 is 2.06 bits per heavy atom. The van der Waals surface area contributed by atoms with E-state index in [-0.39, 0.29) is 6.61 Å². The molecule has 90 valence electrons. The summed E-state index contributed by atoms with van der Waals surface area (Å²) in [5, 5.41) is 17.7. The minimum Gasteiger partial charge on any atom is -0.478 e. The van der Waals surface area contributed by atoms with Crippen molar-refractivity contribution in [2.75, 3.05) is 13.7 Å². The smallest absolute Gasteiger partial charge is 0.350 e. The number of aliphatic carboxylic acids is 1. The third-order valence-corrected chi connectivity index (χ3v) is 2.20. The Kier molecular flexibility index (Phi) is 4.07. The molecule has 0 aliphatic carbocycles. The molecule has 0 aliphatic heterocycles. The Morgan fingerprint density at radius 1 is 1.47 bits per heavy atom. The molecule has 5 heteroatoms. The van der Waals surface area contributed by atoms with Crippen LogP contribution in [0.3, 0.4) is 0 Å². The van der Waals surface area contributed by atoms with Gasteiger partial charge in [-0.05, 0) is 31.2 Å². The molecule has 0 amide bonds. The highest BCUT2D eigenvalue weighted by Crippen LogP contribution is 2.19. The molecule has 0 bridgehead atoms. The molecule has 0 aromatic heterocycles. The van der Waals surface area contributed by atoms with Gasteiger partial charge in [0.2, 0.25) is 5.60 Å². The summed E-state index contributed by atoms with van der Waals surface area (Å²) in [4.78, 5) is 11.1. The van der Waals surface area contributed by atoms with Crippen LogP contribution in [-0.2, 0) is 9.53 Å². The van der Waals surface area contributed by atoms with E-state index >= 15 is 0 Å². The highest BCUT2D eigenvalue weighted by atomic mass is 16.6. The fourth-order valence-corrected chi connectivity index (χ4v) is 1.27. The van der Waals surface area contributed by atoms with Crippen LogP contribution in [0.4, 0.5) is 0 Å². The van der Waals surface area contributed by atoms with E-state index in [0.29, 0.717) is 11.3 Å². The summed E-state index contributed by atoms with van der Waals surface area (Å²) in [6.07, 6.45) is 0. The number of nitrogens with zero attached hydrogens (tertiary/aromatic N) is 1. The van der Waals surface area contributed by atoms with Crippen LogP contribution in [0.1, 0.15) is 12.5 Å². The molecule has 1 atom stereocenters. The number of hydrogen-bond acceptors (Lipinski definition) is 4. The summed E-state index contributed by atoms with van der Waals surface area (Å²) in [6.45, 7) is 1.36. The van der Waals surface area contributed by atoms with Gasteiger partial charge in [0.15, 0.2) is 0 Å². The van der Waals surface area contributed by atoms with Gasteiger partial charge in [0, 0.05) is 7.11 Å². The first-order valence-electron chi connectivity index (χ1n) is 4.93. The number of benzene rings is 1. The molecule has 0 spiro atoms. The van der Waals surface area contributed by atoms with Crippen molar-refractivity contribution in [1.82, 2.24) is 0 Å². The zero-order chi connectivity index (χ0) is 12.9. The lowest BCUT2D eigenvalue weighted by Crippen LogP contribution is -2.45. The average Bonchev–Trinajstić information content (AvgIpc) is 2.30. The van der Waals surface area contributed by atoms with Gasteiger partial charge in [0.1, 0.15) is 5.75 Å². The second-order valence-corrected chi connectivity index (χ2v) is 3.71. The van der Waals surface area contributed by atoms with Gasteiger partial charge in [-0.1, -0.05) is 0 Å². The van der Waals surface area contributed by atoms with E-state index in [1.54, 1.807) is 24.3 Å². The van der Waals surface area contributed by atoms with Crippen molar-refractivity contribution in [3.63, 3.8) is 0 Å². The third kappa shape index (κ3) is 3.20. The van der Waals surface area contributed by atoms with Crippen molar-refractivity contribution in [2.24, 2.45) is 0 Å². The number of carboxylic acids is 1. The van der Waals surface area contributed by atoms with Crippen LogP contribution >= 0.6 is 0 Å². The van der Waals surface area contributed by atoms with Crippen LogP contribution in [0, 0.1) is 11.3 Å². The lowest BCUT2D eigenvalue weighted by Gasteiger charge is -2.25. The first-order chi connectivity index (χ1) is 8.01. The summed E-state index contributed by atoms with van der Waals surface area (Å²) in [7, 11) is 1.41. The van der Waals surface area contributed by atoms with Crippen LogP contribution in [0.5, 0.6) is 5.75 Å². The molecule has 0 radical (unpaired) electrons. The van der Waals surface area contributed by atoms with Crippen LogP contribution in [0.25, 0.3) is 0 Å². The van der Waals surface area contributed by atoms with Crippen molar-refractivity contribution in [2.45, 2.75) is 12.5 Å². The molecular weight excluding hydrogens is 222 g/mol. The standard InChI is InChI=1S/C12H13NO4/c1-12(8-16-2,11(14)15)17-10-5-3-9(7-13)4-6-10/h3-6H,8H2,1-2H3,(H,14,15). The topological polar surface area (TPSA) is 79.5 Å². The first kappa shape index (κ1) is 13.0. The van der Waals surface area contributed by atoms with Gasteiger partial charge in [-0.2, -0.15) is 5.26 Å². The molecule has 0 saturated carbocycles. The Bertz CT molecular complexity index is 435. The number of hydrogen-bond donors (Lipinski definition) is 1. The van der Waals surface area contributed by atoms with Crippen LogP contribution < -0.4 is 4.74 Å². The monoisotopic (exact) mass is 235 g/mol. The number of nitriles is 1. The third-order valence-electron chi connectivity index (χ3n) is 2.20. The maximum Gasteiger partial charge on any atom is 0.350 e.